The molecule has 3 atom stereocenters. The predicted molar refractivity (Wildman–Crippen MR) is 150 cm³/mol. The van der Waals surface area contributed by atoms with Crippen LogP contribution in [0.2, 0.25) is 0 Å². The molecule has 3 fully saturated rings. The van der Waals surface area contributed by atoms with E-state index in [0.29, 0.717) is 30.9 Å². The normalized spacial score (nSPS) is 24.1. The first-order valence-electron chi connectivity index (χ1n) is 14.5. The molecular formula is C31H34FN5O5. The second-order valence-electron chi connectivity index (χ2n) is 12.0. The number of hydrogen-bond donors (Lipinski definition) is 2. The first kappa shape index (κ1) is 27.9. The van der Waals surface area contributed by atoms with Crippen molar-refractivity contribution in [3.05, 3.63) is 65.0 Å². The van der Waals surface area contributed by atoms with E-state index in [-0.39, 0.29) is 49.6 Å². The molecule has 42 heavy (non-hydrogen) atoms. The summed E-state index contributed by atoms with van der Waals surface area (Å²) >= 11 is 0. The van der Waals surface area contributed by atoms with Crippen molar-refractivity contribution >= 4 is 35.3 Å². The van der Waals surface area contributed by atoms with E-state index in [1.54, 1.807) is 29.2 Å². The Balaban J connectivity index is 1.20. The number of nitrogens with zero attached hydrogens (tertiary/aromatic N) is 3. The maximum Gasteiger partial charge on any atom is 0.325 e. The second kappa shape index (κ2) is 10.5. The van der Waals surface area contributed by atoms with Gasteiger partial charge in [0.1, 0.15) is 23.9 Å². The summed E-state index contributed by atoms with van der Waals surface area (Å²) in [7, 11) is 0. The van der Waals surface area contributed by atoms with Gasteiger partial charge < -0.3 is 16.0 Å². The van der Waals surface area contributed by atoms with Gasteiger partial charge in [-0.2, -0.15) is 0 Å². The fourth-order valence-corrected chi connectivity index (χ4v) is 6.62. The summed E-state index contributed by atoms with van der Waals surface area (Å²) in [6.45, 7) is 1.83. The molecule has 0 bridgehead atoms. The molecule has 3 N–H and O–H groups in total. The first-order valence-corrected chi connectivity index (χ1v) is 14.5. The van der Waals surface area contributed by atoms with Crippen LogP contribution in [0.25, 0.3) is 0 Å². The highest BCUT2D eigenvalue weighted by molar-refractivity contribution is 6.09. The van der Waals surface area contributed by atoms with Crippen LogP contribution < -0.4 is 16.0 Å². The van der Waals surface area contributed by atoms with Crippen molar-refractivity contribution in [2.24, 2.45) is 11.7 Å². The topological polar surface area (TPSA) is 133 Å². The highest BCUT2D eigenvalue weighted by Crippen LogP contribution is 2.38. The molecule has 1 unspecified atom stereocenters. The maximum absolute atomic E-state index is 13.8. The van der Waals surface area contributed by atoms with Crippen LogP contribution in [0.4, 0.5) is 14.9 Å². The third-order valence-electron chi connectivity index (χ3n) is 9.24. The number of primary amides is 1. The van der Waals surface area contributed by atoms with Crippen molar-refractivity contribution in [3.8, 4) is 0 Å². The SMILES string of the molecule is C[C@@H](C1CC1)N(Cc1ccc(F)cc1)C(=O)CN1C(=O)NC2(CCc3ccc(N4C(=O)CC[C@@H]4C(N)=O)cc3C2)C1=O. The van der Waals surface area contributed by atoms with E-state index < -0.39 is 29.4 Å². The van der Waals surface area contributed by atoms with Crippen molar-refractivity contribution in [2.75, 3.05) is 11.4 Å². The Bertz CT molecular complexity index is 1470. The number of imide groups is 1. The van der Waals surface area contributed by atoms with Gasteiger partial charge in [0.25, 0.3) is 5.91 Å². The minimum Gasteiger partial charge on any atom is -0.368 e. The van der Waals surface area contributed by atoms with Crippen LogP contribution in [0.5, 0.6) is 0 Å². The molecule has 4 aliphatic rings. The summed E-state index contributed by atoms with van der Waals surface area (Å²) < 4.78 is 13.5. The average Bonchev–Trinajstić information content (AvgIpc) is 3.71. The van der Waals surface area contributed by atoms with E-state index in [0.717, 1.165) is 34.4 Å². The maximum atomic E-state index is 13.8. The Labute approximate surface area is 243 Å². The number of carbonyl (C=O) groups is 5. The zero-order valence-electron chi connectivity index (χ0n) is 23.5. The molecule has 2 aromatic carbocycles. The quantitative estimate of drug-likeness (QED) is 0.467. The molecule has 0 aromatic heterocycles. The molecule has 1 saturated carbocycles. The summed E-state index contributed by atoms with van der Waals surface area (Å²) in [5.41, 5.74) is 7.42. The van der Waals surface area contributed by atoms with Gasteiger partial charge >= 0.3 is 6.03 Å². The van der Waals surface area contributed by atoms with Gasteiger partial charge in [-0.3, -0.25) is 29.0 Å². The second-order valence-corrected chi connectivity index (χ2v) is 12.0. The summed E-state index contributed by atoms with van der Waals surface area (Å²) in [4.78, 5) is 69.2. The molecule has 2 heterocycles. The van der Waals surface area contributed by atoms with Crippen LogP contribution in [-0.2, 0) is 38.6 Å². The number of rotatable bonds is 8. The van der Waals surface area contributed by atoms with Gasteiger partial charge in [0, 0.05) is 31.1 Å². The van der Waals surface area contributed by atoms with Gasteiger partial charge in [0.2, 0.25) is 17.7 Å². The minimum atomic E-state index is -1.20. The van der Waals surface area contributed by atoms with Gasteiger partial charge in [-0.05, 0) is 85.9 Å². The summed E-state index contributed by atoms with van der Waals surface area (Å²) in [5.74, 6) is -1.57. The smallest absolute Gasteiger partial charge is 0.325 e. The number of amides is 6. The number of anilines is 1. The molecule has 1 spiro atoms. The number of nitrogens with two attached hydrogens (primary N) is 1. The molecule has 2 aliphatic heterocycles. The molecule has 0 radical (unpaired) electrons. The number of fused-ring (bicyclic) bond motifs is 1. The van der Waals surface area contributed by atoms with Crippen LogP contribution in [-0.4, -0.2) is 63.6 Å². The third kappa shape index (κ3) is 5.01. The zero-order valence-corrected chi connectivity index (χ0v) is 23.5. The molecule has 10 nitrogen and oxygen atoms in total. The Morgan fingerprint density at radius 1 is 1.07 bits per heavy atom. The fraction of sp³-hybridized carbons (Fsp3) is 0.452. The Morgan fingerprint density at radius 3 is 2.50 bits per heavy atom. The third-order valence-corrected chi connectivity index (χ3v) is 9.24. The standard InChI is InChI=1S/C31H34FN5O5/c1-18(20-4-5-20)35(16-19-2-7-23(32)8-3-19)27(39)17-36-29(41)31(34-30(36)42)13-12-21-6-9-24(14-22(21)15-31)37-25(28(33)40)10-11-26(37)38/h2-3,6-9,14,18,20,25H,4-5,10-13,15-17H2,1H3,(H2,33,40)(H,34,42)/t18-,25+,31?/m0/s1. The largest absolute Gasteiger partial charge is 0.368 e. The Morgan fingerprint density at radius 2 is 1.81 bits per heavy atom. The van der Waals surface area contributed by atoms with Crippen molar-refractivity contribution < 1.29 is 28.4 Å². The molecule has 11 heteroatoms. The van der Waals surface area contributed by atoms with E-state index in [9.17, 15) is 28.4 Å². The number of nitrogens with one attached hydrogen (secondary N) is 1. The molecule has 2 aliphatic carbocycles. The number of carbonyl (C=O) groups excluding carboxylic acids is 5. The fourth-order valence-electron chi connectivity index (χ4n) is 6.62. The van der Waals surface area contributed by atoms with Crippen LogP contribution in [0.3, 0.4) is 0 Å². The van der Waals surface area contributed by atoms with Crippen molar-refractivity contribution in [1.82, 2.24) is 15.1 Å². The lowest BCUT2D eigenvalue weighted by Gasteiger charge is -2.34. The number of urea groups is 1. The Kier molecular flexibility index (Phi) is 6.98. The number of halogens is 1. The van der Waals surface area contributed by atoms with E-state index >= 15 is 0 Å². The molecule has 220 valence electrons. The molecular weight excluding hydrogens is 541 g/mol. The Hall–Kier alpha value is -4.28. The highest BCUT2D eigenvalue weighted by Gasteiger charge is 2.53. The lowest BCUT2D eigenvalue weighted by Crippen LogP contribution is -2.52. The van der Waals surface area contributed by atoms with Crippen LogP contribution in [0, 0.1) is 11.7 Å². The van der Waals surface area contributed by atoms with Crippen molar-refractivity contribution in [2.45, 2.75) is 76.0 Å². The van der Waals surface area contributed by atoms with Crippen LogP contribution >= 0.6 is 0 Å². The molecule has 6 amide bonds. The van der Waals surface area contributed by atoms with Crippen molar-refractivity contribution in [3.63, 3.8) is 0 Å². The lowest BCUT2D eigenvalue weighted by molar-refractivity contribution is -0.141. The van der Waals surface area contributed by atoms with Crippen LogP contribution in [0.15, 0.2) is 42.5 Å². The van der Waals surface area contributed by atoms with Gasteiger partial charge in [0.15, 0.2) is 0 Å². The highest BCUT2D eigenvalue weighted by atomic mass is 19.1. The zero-order chi connectivity index (χ0) is 29.8. The summed E-state index contributed by atoms with van der Waals surface area (Å²) in [5, 5.41) is 2.87. The minimum absolute atomic E-state index is 0.0882. The van der Waals surface area contributed by atoms with E-state index in [4.69, 9.17) is 5.73 Å². The van der Waals surface area contributed by atoms with Gasteiger partial charge in [0.05, 0.1) is 0 Å². The van der Waals surface area contributed by atoms with Crippen molar-refractivity contribution in [1.29, 1.82) is 0 Å². The van der Waals surface area contributed by atoms with Gasteiger partial charge in [-0.25, -0.2) is 9.18 Å². The number of benzene rings is 2. The van der Waals surface area contributed by atoms with E-state index in [2.05, 4.69) is 5.32 Å². The lowest BCUT2D eigenvalue weighted by atomic mass is 9.77. The van der Waals surface area contributed by atoms with E-state index in [1.807, 2.05) is 13.0 Å². The number of aryl methyl sites for hydroxylation is 1. The summed E-state index contributed by atoms with van der Waals surface area (Å²) in [6.07, 6.45) is 3.68. The molecule has 2 saturated heterocycles. The molecule has 2 aromatic rings. The predicted octanol–water partition coefficient (Wildman–Crippen LogP) is 2.41. The van der Waals surface area contributed by atoms with Gasteiger partial charge in [-0.15, -0.1) is 0 Å². The monoisotopic (exact) mass is 575 g/mol. The van der Waals surface area contributed by atoms with E-state index in [1.165, 1.54) is 17.0 Å². The van der Waals surface area contributed by atoms with Crippen LogP contribution in [0.1, 0.15) is 55.7 Å². The average molecular weight is 576 g/mol. The molecule has 6 rings (SSSR count). The number of hydrogen-bond acceptors (Lipinski definition) is 5. The van der Waals surface area contributed by atoms with Gasteiger partial charge in [-0.1, -0.05) is 18.2 Å². The summed E-state index contributed by atoms with van der Waals surface area (Å²) in [6, 6.07) is 10.0. The first-order chi connectivity index (χ1) is 20.1.